The summed E-state index contributed by atoms with van der Waals surface area (Å²) < 4.78 is 5.68. The molecule has 0 aromatic heterocycles. The highest BCUT2D eigenvalue weighted by Gasteiger charge is 2.07. The number of hydrogen-bond acceptors (Lipinski definition) is 3. The second kappa shape index (κ2) is 8.15. The molecule has 0 heterocycles. The highest BCUT2D eigenvalue weighted by atomic mass is 16.5. The Morgan fingerprint density at radius 2 is 1.62 bits per heavy atom. The van der Waals surface area contributed by atoms with Gasteiger partial charge in [0.1, 0.15) is 5.75 Å². The lowest BCUT2D eigenvalue weighted by molar-refractivity contribution is 0.0696. The van der Waals surface area contributed by atoms with Crippen LogP contribution in [0, 0.1) is 0 Å². The molecule has 2 N–H and O–H groups in total. The third-order valence-corrected chi connectivity index (χ3v) is 3.68. The van der Waals surface area contributed by atoms with Gasteiger partial charge >= 0.3 is 5.97 Å². The van der Waals surface area contributed by atoms with E-state index < -0.39 is 5.97 Å². The molecule has 1 atom stereocenters. The number of nitrogens with one attached hydrogen (secondary N) is 1. The Morgan fingerprint density at radius 3 is 2.17 bits per heavy atom. The summed E-state index contributed by atoms with van der Waals surface area (Å²) in [5, 5.41) is 11.7. The fraction of sp³-hybridized carbons (Fsp3) is 0.263. The Morgan fingerprint density at radius 1 is 1.04 bits per heavy atom. The number of rotatable bonds is 7. The molecular formula is C19H21NO4. The van der Waals surface area contributed by atoms with Crippen LogP contribution in [-0.4, -0.2) is 23.1 Å². The van der Waals surface area contributed by atoms with E-state index in [9.17, 15) is 9.59 Å². The first kappa shape index (κ1) is 17.5. The molecule has 0 radical (unpaired) electrons. The van der Waals surface area contributed by atoms with Crippen LogP contribution >= 0.6 is 0 Å². The number of aromatic carboxylic acids is 1. The highest BCUT2D eigenvalue weighted by molar-refractivity contribution is 5.94. The van der Waals surface area contributed by atoms with Gasteiger partial charge in [-0.1, -0.05) is 19.1 Å². The topological polar surface area (TPSA) is 75.6 Å². The summed E-state index contributed by atoms with van der Waals surface area (Å²) in [7, 11) is 0. The first-order valence-electron chi connectivity index (χ1n) is 7.86. The van der Waals surface area contributed by atoms with E-state index in [1.807, 2.05) is 6.92 Å². The fourth-order valence-electron chi connectivity index (χ4n) is 2.05. The van der Waals surface area contributed by atoms with Crippen molar-refractivity contribution in [3.8, 4) is 5.75 Å². The van der Waals surface area contributed by atoms with Gasteiger partial charge in [0.2, 0.25) is 0 Å². The monoisotopic (exact) mass is 327 g/mol. The van der Waals surface area contributed by atoms with Crippen LogP contribution < -0.4 is 10.1 Å². The highest BCUT2D eigenvalue weighted by Crippen LogP contribution is 2.15. The lowest BCUT2D eigenvalue weighted by atomic mass is 10.1. The van der Waals surface area contributed by atoms with Crippen molar-refractivity contribution in [2.45, 2.75) is 32.9 Å². The minimum Gasteiger partial charge on any atom is -0.491 e. The Hall–Kier alpha value is -2.82. The zero-order chi connectivity index (χ0) is 17.5. The molecule has 0 spiro atoms. The van der Waals surface area contributed by atoms with E-state index in [-0.39, 0.29) is 17.6 Å². The van der Waals surface area contributed by atoms with Crippen molar-refractivity contribution in [3.63, 3.8) is 0 Å². The van der Waals surface area contributed by atoms with Crippen LogP contribution in [0.4, 0.5) is 0 Å². The average Bonchev–Trinajstić information content (AvgIpc) is 2.60. The summed E-state index contributed by atoms with van der Waals surface area (Å²) >= 11 is 0. The van der Waals surface area contributed by atoms with Crippen LogP contribution in [0.25, 0.3) is 0 Å². The molecule has 0 unspecified atom stereocenters. The zero-order valence-electron chi connectivity index (χ0n) is 13.8. The number of carboxylic acid groups (broad SMARTS) is 1. The molecular weight excluding hydrogens is 306 g/mol. The number of ether oxygens (including phenoxy) is 1. The van der Waals surface area contributed by atoms with Gasteiger partial charge in [-0.15, -0.1) is 0 Å². The van der Waals surface area contributed by atoms with Crippen molar-refractivity contribution >= 4 is 11.9 Å². The molecule has 0 aliphatic heterocycles. The van der Waals surface area contributed by atoms with E-state index in [1.165, 1.54) is 12.1 Å². The molecule has 0 bridgehead atoms. The quantitative estimate of drug-likeness (QED) is 0.816. The number of carbonyl (C=O) groups is 2. The van der Waals surface area contributed by atoms with Crippen LogP contribution in [0.1, 0.15) is 46.5 Å². The van der Waals surface area contributed by atoms with Gasteiger partial charge in [0, 0.05) is 12.1 Å². The van der Waals surface area contributed by atoms with Crippen LogP contribution in [0.3, 0.4) is 0 Å². The van der Waals surface area contributed by atoms with E-state index in [0.717, 1.165) is 17.7 Å². The number of carbonyl (C=O) groups excluding carboxylic acids is 1. The molecule has 5 heteroatoms. The summed E-state index contributed by atoms with van der Waals surface area (Å²) in [6.07, 6.45) is 1.06. The third kappa shape index (κ3) is 4.84. The molecule has 2 aromatic rings. The number of amides is 1. The van der Waals surface area contributed by atoms with Crippen LogP contribution in [0.2, 0.25) is 0 Å². The van der Waals surface area contributed by atoms with Crippen molar-refractivity contribution in [3.05, 3.63) is 65.2 Å². The molecule has 5 nitrogen and oxygen atoms in total. The van der Waals surface area contributed by atoms with Crippen molar-refractivity contribution in [1.82, 2.24) is 5.32 Å². The number of hydrogen-bond donors (Lipinski definition) is 2. The standard InChI is InChI=1S/C19H21NO4/c1-3-13(2)24-17-10-8-15(9-11-17)18(21)20-12-14-4-6-16(7-5-14)19(22)23/h4-11,13H,3,12H2,1-2H3,(H,20,21)(H,22,23)/t13-/m0/s1. The average molecular weight is 327 g/mol. The second-order valence-electron chi connectivity index (χ2n) is 5.55. The molecule has 0 saturated carbocycles. The first-order valence-corrected chi connectivity index (χ1v) is 7.86. The first-order chi connectivity index (χ1) is 11.5. The van der Waals surface area contributed by atoms with E-state index in [1.54, 1.807) is 36.4 Å². The molecule has 2 rings (SSSR count). The Labute approximate surface area is 141 Å². The number of benzene rings is 2. The fourth-order valence-corrected chi connectivity index (χ4v) is 2.05. The Kier molecular flexibility index (Phi) is 5.95. The lowest BCUT2D eigenvalue weighted by Crippen LogP contribution is -2.22. The normalized spacial score (nSPS) is 11.6. The van der Waals surface area contributed by atoms with Gasteiger partial charge in [-0.25, -0.2) is 4.79 Å². The van der Waals surface area contributed by atoms with Gasteiger partial charge < -0.3 is 15.2 Å². The van der Waals surface area contributed by atoms with E-state index >= 15 is 0 Å². The summed E-state index contributed by atoms with van der Waals surface area (Å²) in [5.41, 5.74) is 1.61. The lowest BCUT2D eigenvalue weighted by Gasteiger charge is -2.12. The maximum absolute atomic E-state index is 12.1. The molecule has 126 valence electrons. The summed E-state index contributed by atoms with van der Waals surface area (Å²) in [4.78, 5) is 22.9. The third-order valence-electron chi connectivity index (χ3n) is 3.68. The molecule has 0 fully saturated rings. The van der Waals surface area contributed by atoms with E-state index in [4.69, 9.17) is 9.84 Å². The SMILES string of the molecule is CC[C@H](C)Oc1ccc(C(=O)NCc2ccc(C(=O)O)cc2)cc1. The van der Waals surface area contributed by atoms with Crippen molar-refractivity contribution < 1.29 is 19.4 Å². The molecule has 0 aliphatic carbocycles. The minimum atomic E-state index is -0.967. The Bertz CT molecular complexity index is 692. The van der Waals surface area contributed by atoms with Gasteiger partial charge in [0.15, 0.2) is 0 Å². The predicted octanol–water partition coefficient (Wildman–Crippen LogP) is 3.49. The summed E-state index contributed by atoms with van der Waals surface area (Å²) in [5.74, 6) is -0.414. The van der Waals surface area contributed by atoms with E-state index in [2.05, 4.69) is 12.2 Å². The molecule has 1 amide bonds. The van der Waals surface area contributed by atoms with E-state index in [0.29, 0.717) is 12.1 Å². The van der Waals surface area contributed by atoms with Gasteiger partial charge in [-0.3, -0.25) is 4.79 Å². The van der Waals surface area contributed by atoms with Crippen molar-refractivity contribution in [2.75, 3.05) is 0 Å². The number of carboxylic acids is 1. The predicted molar refractivity (Wildman–Crippen MR) is 91.4 cm³/mol. The smallest absolute Gasteiger partial charge is 0.335 e. The minimum absolute atomic E-state index is 0.137. The Balaban J connectivity index is 1.91. The molecule has 24 heavy (non-hydrogen) atoms. The maximum atomic E-state index is 12.1. The van der Waals surface area contributed by atoms with Gasteiger partial charge in [0.25, 0.3) is 5.91 Å². The zero-order valence-corrected chi connectivity index (χ0v) is 13.8. The summed E-state index contributed by atoms with van der Waals surface area (Å²) in [6.45, 7) is 4.38. The molecule has 0 saturated heterocycles. The maximum Gasteiger partial charge on any atom is 0.335 e. The van der Waals surface area contributed by atoms with Crippen molar-refractivity contribution in [2.24, 2.45) is 0 Å². The summed E-state index contributed by atoms with van der Waals surface area (Å²) in [6, 6.07) is 13.4. The van der Waals surface area contributed by atoms with Crippen molar-refractivity contribution in [1.29, 1.82) is 0 Å². The molecule has 0 aliphatic rings. The van der Waals surface area contributed by atoms with Crippen LogP contribution in [0.15, 0.2) is 48.5 Å². The second-order valence-corrected chi connectivity index (χ2v) is 5.55. The molecule has 2 aromatic carbocycles. The van der Waals surface area contributed by atoms with Gasteiger partial charge in [-0.05, 0) is 55.3 Å². The van der Waals surface area contributed by atoms with Gasteiger partial charge in [0.05, 0.1) is 11.7 Å². The van der Waals surface area contributed by atoms with Crippen LogP contribution in [0.5, 0.6) is 5.75 Å². The largest absolute Gasteiger partial charge is 0.491 e. The van der Waals surface area contributed by atoms with Gasteiger partial charge in [-0.2, -0.15) is 0 Å². The van der Waals surface area contributed by atoms with Crippen LogP contribution in [-0.2, 0) is 6.54 Å².